The van der Waals surface area contributed by atoms with E-state index >= 15 is 0 Å². The molecule has 1 nitrogen and oxygen atoms in total. The highest BCUT2D eigenvalue weighted by Crippen LogP contribution is 2.26. The maximum absolute atomic E-state index is 3.56. The Morgan fingerprint density at radius 3 is 1.91 bits per heavy atom. The Balaban J connectivity index is 2.43. The number of hydrogen-bond acceptors (Lipinski definition) is 1. The molecule has 1 heteroatoms. The van der Waals surface area contributed by atoms with Gasteiger partial charge in [-0.05, 0) is 38.5 Å². The van der Waals surface area contributed by atoms with Crippen molar-refractivity contribution < 1.29 is 0 Å². The Labute approximate surface area is 70.6 Å². The van der Waals surface area contributed by atoms with Gasteiger partial charge in [-0.1, -0.05) is 13.8 Å². The van der Waals surface area contributed by atoms with Crippen molar-refractivity contribution in [2.24, 2.45) is 11.8 Å². The zero-order chi connectivity index (χ0) is 8.43. The number of piperidine rings is 1. The summed E-state index contributed by atoms with van der Waals surface area (Å²) in [6.45, 7) is 9.28. The van der Waals surface area contributed by atoms with Gasteiger partial charge >= 0.3 is 0 Å². The molecule has 11 heavy (non-hydrogen) atoms. The molecule has 0 amide bonds. The molecule has 0 bridgehead atoms. The molecule has 0 spiro atoms. The first-order chi connectivity index (χ1) is 5.09. The third kappa shape index (κ3) is 2.48. The topological polar surface area (TPSA) is 12.0 Å². The molecular weight excluding hydrogens is 134 g/mol. The normalized spacial score (nSPS) is 39.5. The van der Waals surface area contributed by atoms with E-state index < -0.39 is 0 Å². The van der Waals surface area contributed by atoms with Crippen molar-refractivity contribution in [2.45, 2.75) is 52.6 Å². The van der Waals surface area contributed by atoms with E-state index in [1.165, 1.54) is 12.8 Å². The van der Waals surface area contributed by atoms with Crippen LogP contribution in [0.2, 0.25) is 0 Å². The summed E-state index contributed by atoms with van der Waals surface area (Å²) in [4.78, 5) is 0. The maximum Gasteiger partial charge on any atom is 0.00439 e. The standard InChI is InChI=1S/C10H21N/c1-7(2)10-5-8(3)11-9(4)6-10/h7-11H,5-6H2,1-4H3. The van der Waals surface area contributed by atoms with E-state index in [1.807, 2.05) is 0 Å². The molecule has 0 radical (unpaired) electrons. The molecule has 66 valence electrons. The van der Waals surface area contributed by atoms with Crippen LogP contribution in [0, 0.1) is 11.8 Å². The van der Waals surface area contributed by atoms with E-state index in [0.29, 0.717) is 0 Å². The Morgan fingerprint density at radius 2 is 1.55 bits per heavy atom. The van der Waals surface area contributed by atoms with Crippen LogP contribution >= 0.6 is 0 Å². The Morgan fingerprint density at radius 1 is 1.09 bits per heavy atom. The summed E-state index contributed by atoms with van der Waals surface area (Å²) >= 11 is 0. The van der Waals surface area contributed by atoms with Gasteiger partial charge in [-0.15, -0.1) is 0 Å². The lowest BCUT2D eigenvalue weighted by Crippen LogP contribution is -2.43. The fourth-order valence-corrected chi connectivity index (χ4v) is 2.17. The smallest absolute Gasteiger partial charge is 0.00439 e. The van der Waals surface area contributed by atoms with Crippen molar-refractivity contribution in [1.82, 2.24) is 5.32 Å². The van der Waals surface area contributed by atoms with Crippen molar-refractivity contribution in [3.63, 3.8) is 0 Å². The van der Waals surface area contributed by atoms with Crippen LogP contribution in [-0.2, 0) is 0 Å². The highest BCUT2D eigenvalue weighted by Gasteiger charge is 2.24. The summed E-state index contributed by atoms with van der Waals surface area (Å²) in [5, 5.41) is 3.56. The van der Waals surface area contributed by atoms with E-state index in [4.69, 9.17) is 0 Å². The van der Waals surface area contributed by atoms with Crippen molar-refractivity contribution in [3.8, 4) is 0 Å². The van der Waals surface area contributed by atoms with Gasteiger partial charge in [-0.2, -0.15) is 0 Å². The molecule has 1 heterocycles. The van der Waals surface area contributed by atoms with Gasteiger partial charge in [0.05, 0.1) is 0 Å². The van der Waals surface area contributed by atoms with E-state index in [9.17, 15) is 0 Å². The lowest BCUT2D eigenvalue weighted by molar-refractivity contribution is 0.213. The van der Waals surface area contributed by atoms with Gasteiger partial charge in [0.1, 0.15) is 0 Å². The summed E-state index contributed by atoms with van der Waals surface area (Å²) in [5.41, 5.74) is 0. The van der Waals surface area contributed by atoms with Crippen LogP contribution in [0.1, 0.15) is 40.5 Å². The summed E-state index contributed by atoms with van der Waals surface area (Å²) < 4.78 is 0. The van der Waals surface area contributed by atoms with Crippen LogP contribution in [0.25, 0.3) is 0 Å². The number of hydrogen-bond donors (Lipinski definition) is 1. The van der Waals surface area contributed by atoms with Crippen molar-refractivity contribution in [3.05, 3.63) is 0 Å². The minimum Gasteiger partial charge on any atom is -0.312 e. The average molecular weight is 155 g/mol. The lowest BCUT2D eigenvalue weighted by atomic mass is 9.81. The average Bonchev–Trinajstić information content (AvgIpc) is 1.85. The largest absolute Gasteiger partial charge is 0.312 e. The Kier molecular flexibility index (Phi) is 2.94. The summed E-state index contributed by atoms with van der Waals surface area (Å²) in [7, 11) is 0. The second-order valence-electron chi connectivity index (χ2n) is 4.44. The molecule has 1 fully saturated rings. The van der Waals surface area contributed by atoms with Gasteiger partial charge in [0.15, 0.2) is 0 Å². The van der Waals surface area contributed by atoms with Gasteiger partial charge in [0.2, 0.25) is 0 Å². The summed E-state index contributed by atoms with van der Waals surface area (Å²) in [6.07, 6.45) is 2.73. The quantitative estimate of drug-likeness (QED) is 0.613. The van der Waals surface area contributed by atoms with Gasteiger partial charge in [-0.3, -0.25) is 0 Å². The van der Waals surface area contributed by atoms with Crippen LogP contribution in [0.4, 0.5) is 0 Å². The molecule has 1 rings (SSSR count). The Bertz CT molecular complexity index is 110. The van der Waals surface area contributed by atoms with Gasteiger partial charge in [0.25, 0.3) is 0 Å². The minimum atomic E-state index is 0.728. The van der Waals surface area contributed by atoms with Gasteiger partial charge in [-0.25, -0.2) is 0 Å². The third-order valence-corrected chi connectivity index (χ3v) is 2.82. The van der Waals surface area contributed by atoms with Crippen molar-refractivity contribution in [1.29, 1.82) is 0 Å². The molecule has 0 saturated carbocycles. The second-order valence-corrected chi connectivity index (χ2v) is 4.44. The van der Waals surface area contributed by atoms with Crippen LogP contribution in [-0.4, -0.2) is 12.1 Å². The van der Waals surface area contributed by atoms with Crippen LogP contribution in [0.5, 0.6) is 0 Å². The van der Waals surface area contributed by atoms with Crippen LogP contribution in [0.15, 0.2) is 0 Å². The molecule has 1 aliphatic rings. The molecule has 0 aromatic heterocycles. The first-order valence-corrected chi connectivity index (χ1v) is 4.85. The first kappa shape index (κ1) is 9.05. The zero-order valence-electron chi connectivity index (χ0n) is 8.22. The molecule has 0 aromatic carbocycles. The van der Waals surface area contributed by atoms with Gasteiger partial charge < -0.3 is 5.32 Å². The lowest BCUT2D eigenvalue weighted by Gasteiger charge is -2.35. The third-order valence-electron chi connectivity index (χ3n) is 2.82. The van der Waals surface area contributed by atoms with E-state index in [1.54, 1.807) is 0 Å². The number of nitrogens with one attached hydrogen (secondary N) is 1. The monoisotopic (exact) mass is 155 g/mol. The molecule has 1 aliphatic heterocycles. The number of rotatable bonds is 1. The summed E-state index contributed by atoms with van der Waals surface area (Å²) in [5.74, 6) is 1.81. The molecule has 1 saturated heterocycles. The molecule has 0 aromatic rings. The SMILES string of the molecule is CC1CC(C(C)C)CC(C)N1. The predicted molar refractivity (Wildman–Crippen MR) is 49.6 cm³/mol. The van der Waals surface area contributed by atoms with Crippen molar-refractivity contribution >= 4 is 0 Å². The Hall–Kier alpha value is -0.0400. The fourth-order valence-electron chi connectivity index (χ4n) is 2.17. The molecule has 2 unspecified atom stereocenters. The summed E-state index contributed by atoms with van der Waals surface area (Å²) in [6, 6.07) is 1.46. The molecule has 1 N–H and O–H groups in total. The van der Waals surface area contributed by atoms with Crippen molar-refractivity contribution in [2.75, 3.05) is 0 Å². The molecular formula is C10H21N. The predicted octanol–water partition coefficient (Wildman–Crippen LogP) is 2.42. The van der Waals surface area contributed by atoms with Gasteiger partial charge in [0, 0.05) is 12.1 Å². The van der Waals surface area contributed by atoms with E-state index in [-0.39, 0.29) is 0 Å². The minimum absolute atomic E-state index is 0.728. The van der Waals surface area contributed by atoms with E-state index in [0.717, 1.165) is 23.9 Å². The van der Waals surface area contributed by atoms with Crippen LogP contribution < -0.4 is 5.32 Å². The first-order valence-electron chi connectivity index (χ1n) is 4.85. The zero-order valence-corrected chi connectivity index (χ0v) is 8.22. The maximum atomic E-state index is 3.56. The second kappa shape index (κ2) is 3.57. The highest BCUT2D eigenvalue weighted by molar-refractivity contribution is 4.81. The van der Waals surface area contributed by atoms with Crippen LogP contribution in [0.3, 0.4) is 0 Å². The molecule has 0 aliphatic carbocycles. The highest BCUT2D eigenvalue weighted by atomic mass is 15.0. The van der Waals surface area contributed by atoms with E-state index in [2.05, 4.69) is 33.0 Å². The fraction of sp³-hybridized carbons (Fsp3) is 1.00. The molecule has 2 atom stereocenters.